The zero-order valence-electron chi connectivity index (χ0n) is 14.0. The summed E-state index contributed by atoms with van der Waals surface area (Å²) in [5.41, 5.74) is 9.17. The van der Waals surface area contributed by atoms with E-state index in [4.69, 9.17) is 19.7 Å². The van der Waals surface area contributed by atoms with Crippen LogP contribution in [0, 0.1) is 0 Å². The largest absolute Gasteiger partial charge is 0.487 e. The molecule has 9 heteroatoms. The molecule has 0 fully saturated rings. The summed E-state index contributed by atoms with van der Waals surface area (Å²) in [5, 5.41) is 3.36. The molecule has 1 unspecified atom stereocenters. The van der Waals surface area contributed by atoms with E-state index in [1.54, 1.807) is 6.07 Å². The SMILES string of the molecule is [N-]=[N+]=NCCOCCOc1cc(S(=O)O)ccc1OCc1ccccc1. The standard InChI is InChI=1S/C17H19N3O5S/c18-20-19-8-9-23-10-11-24-17-12-15(26(21)22)6-7-16(17)25-13-14-4-2-1-3-5-14/h1-7,12H,8-11,13H2,(H,21,22). The van der Waals surface area contributed by atoms with Gasteiger partial charge in [0, 0.05) is 17.5 Å². The van der Waals surface area contributed by atoms with E-state index in [-0.39, 0.29) is 24.7 Å². The Balaban J connectivity index is 1.95. The van der Waals surface area contributed by atoms with Crippen molar-refractivity contribution in [3.05, 3.63) is 64.5 Å². The van der Waals surface area contributed by atoms with E-state index in [1.807, 2.05) is 30.3 Å². The summed E-state index contributed by atoms with van der Waals surface area (Å²) < 4.78 is 37.2. The minimum absolute atomic E-state index is 0.219. The molecule has 2 aromatic rings. The van der Waals surface area contributed by atoms with Gasteiger partial charge in [-0.3, -0.25) is 0 Å². The Morgan fingerprint density at radius 3 is 2.58 bits per heavy atom. The molecule has 0 aliphatic heterocycles. The van der Waals surface area contributed by atoms with E-state index in [9.17, 15) is 8.76 Å². The molecule has 138 valence electrons. The molecular weight excluding hydrogens is 358 g/mol. The van der Waals surface area contributed by atoms with E-state index in [0.29, 0.717) is 24.7 Å². The molecule has 0 spiro atoms. The fraction of sp³-hybridized carbons (Fsp3) is 0.294. The zero-order valence-corrected chi connectivity index (χ0v) is 14.8. The highest BCUT2D eigenvalue weighted by Crippen LogP contribution is 2.30. The molecule has 0 saturated heterocycles. The summed E-state index contributed by atoms with van der Waals surface area (Å²) in [7, 11) is 0. The van der Waals surface area contributed by atoms with Crippen LogP contribution in [-0.2, 0) is 22.4 Å². The molecule has 8 nitrogen and oxygen atoms in total. The van der Waals surface area contributed by atoms with Crippen LogP contribution in [0.5, 0.6) is 11.5 Å². The molecule has 1 atom stereocenters. The van der Waals surface area contributed by atoms with E-state index in [0.717, 1.165) is 5.56 Å². The molecule has 0 aromatic heterocycles. The van der Waals surface area contributed by atoms with E-state index in [2.05, 4.69) is 10.0 Å². The van der Waals surface area contributed by atoms with E-state index < -0.39 is 11.1 Å². The van der Waals surface area contributed by atoms with Crippen molar-refractivity contribution < 1.29 is 23.0 Å². The van der Waals surface area contributed by atoms with E-state index in [1.165, 1.54) is 12.1 Å². The van der Waals surface area contributed by atoms with Gasteiger partial charge in [-0.1, -0.05) is 35.4 Å². The molecule has 0 aliphatic carbocycles. The Morgan fingerprint density at radius 2 is 1.85 bits per heavy atom. The maximum Gasteiger partial charge on any atom is 0.186 e. The molecule has 0 saturated carbocycles. The van der Waals surface area contributed by atoms with Crippen LogP contribution in [0.2, 0.25) is 0 Å². The Morgan fingerprint density at radius 1 is 1.04 bits per heavy atom. The van der Waals surface area contributed by atoms with Gasteiger partial charge in [-0.25, -0.2) is 4.21 Å². The van der Waals surface area contributed by atoms with Gasteiger partial charge in [0.15, 0.2) is 22.6 Å². The summed E-state index contributed by atoms with van der Waals surface area (Å²) in [6, 6.07) is 14.2. The third-order valence-corrected chi connectivity index (χ3v) is 3.90. The van der Waals surface area contributed by atoms with Crippen molar-refractivity contribution in [3.63, 3.8) is 0 Å². The Hall–Kier alpha value is -2.58. The van der Waals surface area contributed by atoms with Crippen LogP contribution in [0.15, 0.2) is 58.5 Å². The highest BCUT2D eigenvalue weighted by atomic mass is 32.2. The number of benzene rings is 2. The van der Waals surface area contributed by atoms with Crippen molar-refractivity contribution in [2.75, 3.05) is 26.4 Å². The van der Waals surface area contributed by atoms with Crippen molar-refractivity contribution in [1.82, 2.24) is 0 Å². The lowest BCUT2D eigenvalue weighted by atomic mass is 10.2. The number of hydrogen-bond acceptors (Lipinski definition) is 5. The average molecular weight is 377 g/mol. The molecule has 0 radical (unpaired) electrons. The van der Waals surface area contributed by atoms with Gasteiger partial charge in [0.25, 0.3) is 0 Å². The normalized spacial score (nSPS) is 11.4. The maximum atomic E-state index is 11.3. The van der Waals surface area contributed by atoms with Crippen LogP contribution in [0.25, 0.3) is 10.4 Å². The van der Waals surface area contributed by atoms with Crippen LogP contribution >= 0.6 is 0 Å². The molecule has 2 rings (SSSR count). The Labute approximate surface area is 153 Å². The second-order valence-corrected chi connectivity index (χ2v) is 6.02. The first-order chi connectivity index (χ1) is 12.7. The quantitative estimate of drug-likeness (QED) is 0.211. The van der Waals surface area contributed by atoms with Crippen molar-refractivity contribution >= 4 is 11.1 Å². The van der Waals surface area contributed by atoms with Crippen LogP contribution in [0.1, 0.15) is 5.56 Å². The zero-order chi connectivity index (χ0) is 18.6. The monoisotopic (exact) mass is 377 g/mol. The van der Waals surface area contributed by atoms with Crippen LogP contribution < -0.4 is 9.47 Å². The number of rotatable bonds is 11. The fourth-order valence-electron chi connectivity index (χ4n) is 2.03. The summed E-state index contributed by atoms with van der Waals surface area (Å²) in [6.45, 7) is 1.40. The minimum Gasteiger partial charge on any atom is -0.487 e. The van der Waals surface area contributed by atoms with Gasteiger partial charge in [0.1, 0.15) is 13.2 Å². The second-order valence-electron chi connectivity index (χ2n) is 5.05. The number of ether oxygens (including phenoxy) is 3. The number of nitrogens with zero attached hydrogens (tertiary/aromatic N) is 3. The van der Waals surface area contributed by atoms with Gasteiger partial charge in [-0.15, -0.1) is 0 Å². The molecule has 1 N–H and O–H groups in total. The minimum atomic E-state index is -2.11. The first-order valence-corrected chi connectivity index (χ1v) is 8.94. The van der Waals surface area contributed by atoms with Gasteiger partial charge in [-0.2, -0.15) is 0 Å². The van der Waals surface area contributed by atoms with Crippen LogP contribution in [0.3, 0.4) is 0 Å². The summed E-state index contributed by atoms with van der Waals surface area (Å²) in [5.74, 6) is 0.830. The van der Waals surface area contributed by atoms with Crippen molar-refractivity contribution in [1.29, 1.82) is 0 Å². The Kier molecular flexibility index (Phi) is 8.44. The molecule has 0 aliphatic rings. The molecular formula is C17H19N3O5S. The first-order valence-electron chi connectivity index (χ1n) is 7.83. The first kappa shape index (κ1) is 19.7. The lowest BCUT2D eigenvalue weighted by molar-refractivity contribution is 0.104. The third kappa shape index (κ3) is 6.73. The molecule has 26 heavy (non-hydrogen) atoms. The summed E-state index contributed by atoms with van der Waals surface area (Å²) >= 11 is -2.11. The molecule has 0 bridgehead atoms. The second kappa shape index (κ2) is 11.1. The third-order valence-electron chi connectivity index (χ3n) is 3.24. The smallest absolute Gasteiger partial charge is 0.186 e. The average Bonchev–Trinajstić information content (AvgIpc) is 2.66. The maximum absolute atomic E-state index is 11.3. The molecule has 2 aromatic carbocycles. The summed E-state index contributed by atoms with van der Waals surface area (Å²) in [4.78, 5) is 2.85. The number of hydrogen-bond donors (Lipinski definition) is 1. The van der Waals surface area contributed by atoms with Gasteiger partial charge < -0.3 is 18.8 Å². The van der Waals surface area contributed by atoms with Crippen LogP contribution in [-0.4, -0.2) is 35.1 Å². The van der Waals surface area contributed by atoms with Gasteiger partial charge in [-0.05, 0) is 23.2 Å². The predicted octanol–water partition coefficient (Wildman–Crippen LogP) is 3.55. The molecule has 0 heterocycles. The van der Waals surface area contributed by atoms with Crippen molar-refractivity contribution in [2.45, 2.75) is 11.5 Å². The van der Waals surface area contributed by atoms with Gasteiger partial charge >= 0.3 is 0 Å². The predicted molar refractivity (Wildman–Crippen MR) is 96.6 cm³/mol. The summed E-state index contributed by atoms with van der Waals surface area (Å²) in [6.07, 6.45) is 0. The Bertz CT molecular complexity index is 766. The lowest BCUT2D eigenvalue weighted by Crippen LogP contribution is -2.10. The lowest BCUT2D eigenvalue weighted by Gasteiger charge is -2.14. The van der Waals surface area contributed by atoms with Gasteiger partial charge in [0.2, 0.25) is 0 Å². The van der Waals surface area contributed by atoms with E-state index >= 15 is 0 Å². The highest BCUT2D eigenvalue weighted by molar-refractivity contribution is 7.79. The van der Waals surface area contributed by atoms with Crippen molar-refractivity contribution in [2.24, 2.45) is 5.11 Å². The molecule has 0 amide bonds. The van der Waals surface area contributed by atoms with Gasteiger partial charge in [0.05, 0.1) is 18.1 Å². The van der Waals surface area contributed by atoms with Crippen molar-refractivity contribution in [3.8, 4) is 11.5 Å². The number of azide groups is 1. The topological polar surface area (TPSA) is 114 Å². The fourth-order valence-corrected chi connectivity index (χ4v) is 2.42. The van der Waals surface area contributed by atoms with Crippen LogP contribution in [0.4, 0.5) is 0 Å². The highest BCUT2D eigenvalue weighted by Gasteiger charge is 2.10.